The van der Waals surface area contributed by atoms with Crippen LogP contribution in [0.15, 0.2) is 0 Å². The molecule has 1 rings (SSSR count). The Balaban J connectivity index is 2.32. The number of carbonyl (C=O) groups is 2. The van der Waals surface area contributed by atoms with E-state index in [1.54, 1.807) is 19.0 Å². The maximum atomic E-state index is 12.0. The van der Waals surface area contributed by atoms with Crippen molar-refractivity contribution in [2.75, 3.05) is 20.6 Å². The van der Waals surface area contributed by atoms with Crippen LogP contribution in [0.5, 0.6) is 0 Å². The number of carbonyl (C=O) groups excluding carboxylic acids is 2. The van der Waals surface area contributed by atoms with Gasteiger partial charge < -0.3 is 16.0 Å². The van der Waals surface area contributed by atoms with E-state index in [0.717, 1.165) is 12.8 Å². The fraction of sp³-hybridized carbons (Fsp3) is 0.846. The summed E-state index contributed by atoms with van der Waals surface area (Å²) in [7, 11) is 3.35. The molecule has 1 aliphatic carbocycles. The third kappa shape index (κ3) is 4.64. The molecule has 0 aromatic carbocycles. The van der Waals surface area contributed by atoms with Crippen LogP contribution in [-0.2, 0) is 9.59 Å². The Hall–Kier alpha value is -1.10. The number of nitrogens with two attached hydrogens (primary N) is 1. The highest BCUT2D eigenvalue weighted by Gasteiger charge is 2.25. The predicted molar refractivity (Wildman–Crippen MR) is 70.9 cm³/mol. The first-order chi connectivity index (χ1) is 8.54. The van der Waals surface area contributed by atoms with Crippen molar-refractivity contribution in [3.05, 3.63) is 0 Å². The minimum absolute atomic E-state index is 0.0379. The van der Waals surface area contributed by atoms with Gasteiger partial charge in [-0.05, 0) is 18.8 Å². The number of nitrogens with one attached hydrogen (secondary N) is 1. The lowest BCUT2D eigenvalue weighted by atomic mass is 9.83. The topological polar surface area (TPSA) is 75.4 Å². The summed E-state index contributed by atoms with van der Waals surface area (Å²) < 4.78 is 0. The van der Waals surface area contributed by atoms with Crippen molar-refractivity contribution in [2.24, 2.45) is 11.7 Å². The average Bonchev–Trinajstić information content (AvgIpc) is 2.38. The van der Waals surface area contributed by atoms with Gasteiger partial charge in [0.25, 0.3) is 0 Å². The lowest BCUT2D eigenvalue weighted by Gasteiger charge is -2.29. The molecule has 3 N–H and O–H groups in total. The summed E-state index contributed by atoms with van der Waals surface area (Å²) in [5.74, 6) is 0.374. The van der Waals surface area contributed by atoms with Gasteiger partial charge in [-0.15, -0.1) is 0 Å². The van der Waals surface area contributed by atoms with Crippen molar-refractivity contribution in [3.63, 3.8) is 0 Å². The molecule has 0 bridgehead atoms. The van der Waals surface area contributed by atoms with E-state index >= 15 is 0 Å². The smallest absolute Gasteiger partial charge is 0.222 e. The fourth-order valence-electron chi connectivity index (χ4n) is 2.39. The molecule has 0 heterocycles. The van der Waals surface area contributed by atoms with Gasteiger partial charge in [0.1, 0.15) is 0 Å². The molecule has 1 aliphatic rings. The number of amides is 2. The van der Waals surface area contributed by atoms with Gasteiger partial charge in [-0.3, -0.25) is 9.59 Å². The monoisotopic (exact) mass is 255 g/mol. The molecule has 0 aliphatic heterocycles. The average molecular weight is 255 g/mol. The van der Waals surface area contributed by atoms with E-state index in [-0.39, 0.29) is 17.9 Å². The first-order valence-corrected chi connectivity index (χ1v) is 6.74. The van der Waals surface area contributed by atoms with E-state index in [1.165, 1.54) is 12.8 Å². The van der Waals surface area contributed by atoms with Gasteiger partial charge in [-0.25, -0.2) is 0 Å². The second kappa shape index (κ2) is 7.36. The van der Waals surface area contributed by atoms with Crippen molar-refractivity contribution in [1.29, 1.82) is 0 Å². The number of hydrogen-bond donors (Lipinski definition) is 2. The van der Waals surface area contributed by atoms with Crippen molar-refractivity contribution < 1.29 is 9.59 Å². The minimum Gasteiger partial charge on any atom is -0.359 e. The minimum atomic E-state index is -0.0379. The molecule has 1 saturated carbocycles. The van der Waals surface area contributed by atoms with E-state index in [1.807, 2.05) is 0 Å². The predicted octanol–water partition coefficient (Wildman–Crippen LogP) is 0.489. The zero-order valence-electron chi connectivity index (χ0n) is 11.4. The van der Waals surface area contributed by atoms with Gasteiger partial charge in [0.15, 0.2) is 0 Å². The van der Waals surface area contributed by atoms with Crippen molar-refractivity contribution in [2.45, 2.75) is 44.6 Å². The molecule has 0 aromatic heterocycles. The highest BCUT2D eigenvalue weighted by atomic mass is 16.2. The Morgan fingerprint density at radius 2 is 2.00 bits per heavy atom. The molecule has 104 valence electrons. The molecule has 2 amide bonds. The summed E-state index contributed by atoms with van der Waals surface area (Å²) >= 11 is 0. The molecule has 0 aromatic rings. The summed E-state index contributed by atoms with van der Waals surface area (Å²) in [6.07, 6.45) is 5.31. The van der Waals surface area contributed by atoms with E-state index in [4.69, 9.17) is 5.73 Å². The van der Waals surface area contributed by atoms with Gasteiger partial charge in [-0.1, -0.05) is 12.8 Å². The summed E-state index contributed by atoms with van der Waals surface area (Å²) in [5, 5.41) is 2.55. The molecular weight excluding hydrogens is 230 g/mol. The summed E-state index contributed by atoms with van der Waals surface area (Å²) in [5.41, 5.74) is 6.04. The number of rotatable bonds is 5. The van der Waals surface area contributed by atoms with Crippen molar-refractivity contribution >= 4 is 11.8 Å². The summed E-state index contributed by atoms with van der Waals surface area (Å²) in [6, 6.07) is 0.162. The van der Waals surface area contributed by atoms with Crippen molar-refractivity contribution in [1.82, 2.24) is 10.2 Å². The largest absolute Gasteiger partial charge is 0.359 e. The third-order valence-electron chi connectivity index (χ3n) is 3.78. The molecule has 18 heavy (non-hydrogen) atoms. The molecule has 0 radical (unpaired) electrons. The second-order valence-electron chi connectivity index (χ2n) is 5.15. The molecule has 5 heteroatoms. The highest BCUT2D eigenvalue weighted by Crippen LogP contribution is 2.26. The summed E-state index contributed by atoms with van der Waals surface area (Å²) in [6.45, 7) is 0.473. The van der Waals surface area contributed by atoms with Crippen LogP contribution >= 0.6 is 0 Å². The van der Waals surface area contributed by atoms with Crippen molar-refractivity contribution in [3.8, 4) is 0 Å². The molecule has 2 atom stereocenters. The Morgan fingerprint density at radius 3 is 2.61 bits per heavy atom. The number of hydrogen-bond acceptors (Lipinski definition) is 3. The zero-order valence-corrected chi connectivity index (χ0v) is 11.4. The van der Waals surface area contributed by atoms with Crippen LogP contribution in [0, 0.1) is 5.92 Å². The number of nitrogens with zero attached hydrogens (tertiary/aromatic N) is 1. The molecule has 0 spiro atoms. The van der Waals surface area contributed by atoms with Crippen LogP contribution in [0.2, 0.25) is 0 Å². The lowest BCUT2D eigenvalue weighted by Crippen LogP contribution is -2.38. The van der Waals surface area contributed by atoms with Gasteiger partial charge in [-0.2, -0.15) is 0 Å². The molecule has 5 nitrogen and oxygen atoms in total. The van der Waals surface area contributed by atoms with Crippen LogP contribution in [0.3, 0.4) is 0 Å². The highest BCUT2D eigenvalue weighted by molar-refractivity contribution is 5.78. The van der Waals surface area contributed by atoms with Crippen LogP contribution in [0.25, 0.3) is 0 Å². The van der Waals surface area contributed by atoms with Gasteiger partial charge in [0.05, 0.1) is 0 Å². The second-order valence-corrected chi connectivity index (χ2v) is 5.15. The first kappa shape index (κ1) is 15.0. The maximum absolute atomic E-state index is 12.0. The Labute approximate surface area is 109 Å². The third-order valence-corrected chi connectivity index (χ3v) is 3.78. The molecule has 2 unspecified atom stereocenters. The van der Waals surface area contributed by atoms with Gasteiger partial charge >= 0.3 is 0 Å². The van der Waals surface area contributed by atoms with E-state index < -0.39 is 0 Å². The Kier molecular flexibility index (Phi) is 6.12. The van der Waals surface area contributed by atoms with Crippen LogP contribution in [-0.4, -0.2) is 43.4 Å². The Morgan fingerprint density at radius 1 is 1.33 bits per heavy atom. The van der Waals surface area contributed by atoms with Gasteiger partial charge in [0.2, 0.25) is 11.8 Å². The van der Waals surface area contributed by atoms with Crippen LogP contribution in [0.1, 0.15) is 38.5 Å². The van der Waals surface area contributed by atoms with Crippen LogP contribution in [0.4, 0.5) is 0 Å². The van der Waals surface area contributed by atoms with Crippen LogP contribution < -0.4 is 11.1 Å². The quantitative estimate of drug-likeness (QED) is 0.750. The maximum Gasteiger partial charge on any atom is 0.222 e. The molecular formula is C13H25N3O2. The normalized spacial score (nSPS) is 23.5. The fourth-order valence-corrected chi connectivity index (χ4v) is 2.39. The molecule has 1 fully saturated rings. The first-order valence-electron chi connectivity index (χ1n) is 6.74. The SMILES string of the molecule is CNC(=O)CCN(C)C(=O)CC1CCCCC1N. The Bertz CT molecular complexity index is 294. The standard InChI is InChI=1S/C13H25N3O2/c1-15-12(17)7-8-16(2)13(18)9-10-5-3-4-6-11(10)14/h10-11H,3-9,14H2,1-2H3,(H,15,17). The molecule has 0 saturated heterocycles. The zero-order chi connectivity index (χ0) is 13.5. The van der Waals surface area contributed by atoms with Gasteiger partial charge in [0, 0.05) is 39.5 Å². The summed E-state index contributed by atoms with van der Waals surface area (Å²) in [4.78, 5) is 24.7. The van der Waals surface area contributed by atoms with E-state index in [2.05, 4.69) is 5.32 Å². The van der Waals surface area contributed by atoms with E-state index in [9.17, 15) is 9.59 Å². The van der Waals surface area contributed by atoms with E-state index in [0.29, 0.717) is 25.3 Å². The lowest BCUT2D eigenvalue weighted by molar-refractivity contribution is -0.131.